The van der Waals surface area contributed by atoms with Crippen molar-refractivity contribution in [1.29, 1.82) is 0 Å². The Labute approximate surface area is 112 Å². The normalized spacial score (nSPS) is 19.7. The standard InChI is InChI=1S/C12H11ClF3NO2/c13-11-8(3-4-10(17-11)12(14,15)16)9(18)6-7-2-1-5-19-7/h3-4,7H,1-2,5-6H2. The summed E-state index contributed by atoms with van der Waals surface area (Å²) in [5.74, 6) is -0.349. The lowest BCUT2D eigenvalue weighted by Gasteiger charge is -2.10. The molecule has 0 amide bonds. The van der Waals surface area contributed by atoms with Crippen LogP contribution in [0.1, 0.15) is 35.3 Å². The number of rotatable bonds is 3. The smallest absolute Gasteiger partial charge is 0.378 e. The molecule has 1 aliphatic rings. The summed E-state index contributed by atoms with van der Waals surface area (Å²) in [6, 6.07) is 1.82. The molecule has 0 aliphatic carbocycles. The minimum atomic E-state index is -4.57. The number of carbonyl (C=O) groups is 1. The van der Waals surface area contributed by atoms with Gasteiger partial charge in [-0.15, -0.1) is 0 Å². The van der Waals surface area contributed by atoms with Gasteiger partial charge in [0.1, 0.15) is 10.8 Å². The van der Waals surface area contributed by atoms with Crippen LogP contribution in [0.4, 0.5) is 13.2 Å². The third kappa shape index (κ3) is 3.45. The van der Waals surface area contributed by atoms with Crippen LogP contribution in [0.2, 0.25) is 5.15 Å². The Morgan fingerprint density at radius 3 is 2.74 bits per heavy atom. The first-order valence-corrected chi connectivity index (χ1v) is 6.14. The number of halogens is 4. The average molecular weight is 294 g/mol. The van der Waals surface area contributed by atoms with Gasteiger partial charge in [-0.2, -0.15) is 13.2 Å². The molecule has 1 aromatic rings. The highest BCUT2D eigenvalue weighted by Gasteiger charge is 2.33. The number of carbonyl (C=O) groups excluding carboxylic acids is 1. The Kier molecular flexibility index (Phi) is 4.10. The summed E-state index contributed by atoms with van der Waals surface area (Å²) in [6.07, 6.45) is -2.97. The molecule has 0 spiro atoms. The van der Waals surface area contributed by atoms with Gasteiger partial charge in [-0.3, -0.25) is 4.79 Å². The van der Waals surface area contributed by atoms with Crippen molar-refractivity contribution in [3.8, 4) is 0 Å². The van der Waals surface area contributed by atoms with Gasteiger partial charge in [0.05, 0.1) is 11.7 Å². The van der Waals surface area contributed by atoms with Crippen LogP contribution < -0.4 is 0 Å². The SMILES string of the molecule is O=C(CC1CCCO1)c1ccc(C(F)(F)F)nc1Cl. The number of ketones is 1. The molecular formula is C12H11ClF3NO2. The zero-order valence-electron chi connectivity index (χ0n) is 9.84. The molecule has 1 unspecified atom stereocenters. The molecule has 1 fully saturated rings. The van der Waals surface area contributed by atoms with E-state index < -0.39 is 17.0 Å². The minimum Gasteiger partial charge on any atom is -0.378 e. The van der Waals surface area contributed by atoms with Gasteiger partial charge in [0, 0.05) is 13.0 Å². The number of hydrogen-bond donors (Lipinski definition) is 0. The molecule has 0 N–H and O–H groups in total. The second-order valence-electron chi connectivity index (χ2n) is 4.29. The van der Waals surface area contributed by atoms with Crippen molar-refractivity contribution in [3.63, 3.8) is 0 Å². The van der Waals surface area contributed by atoms with Gasteiger partial charge in [-0.25, -0.2) is 4.98 Å². The second-order valence-corrected chi connectivity index (χ2v) is 4.65. The summed E-state index contributed by atoms with van der Waals surface area (Å²) < 4.78 is 42.5. The number of aromatic nitrogens is 1. The molecule has 7 heteroatoms. The van der Waals surface area contributed by atoms with Crippen LogP contribution in [0.3, 0.4) is 0 Å². The largest absolute Gasteiger partial charge is 0.433 e. The van der Waals surface area contributed by atoms with Gasteiger partial charge in [0.25, 0.3) is 0 Å². The lowest BCUT2D eigenvalue weighted by molar-refractivity contribution is -0.141. The van der Waals surface area contributed by atoms with E-state index in [2.05, 4.69) is 4.98 Å². The van der Waals surface area contributed by atoms with E-state index >= 15 is 0 Å². The molecule has 0 saturated carbocycles. The van der Waals surface area contributed by atoms with Gasteiger partial charge < -0.3 is 4.74 Å². The molecule has 3 nitrogen and oxygen atoms in total. The van der Waals surface area contributed by atoms with Crippen molar-refractivity contribution in [1.82, 2.24) is 4.98 Å². The van der Waals surface area contributed by atoms with Crippen LogP contribution in [0.5, 0.6) is 0 Å². The van der Waals surface area contributed by atoms with Crippen molar-refractivity contribution in [3.05, 3.63) is 28.5 Å². The Balaban J connectivity index is 2.14. The van der Waals surface area contributed by atoms with E-state index in [1.807, 2.05) is 0 Å². The molecular weight excluding hydrogens is 283 g/mol. The fraction of sp³-hybridized carbons (Fsp3) is 0.500. The fourth-order valence-electron chi connectivity index (χ4n) is 1.92. The maximum Gasteiger partial charge on any atom is 0.433 e. The number of alkyl halides is 3. The maximum atomic E-state index is 12.4. The van der Waals surface area contributed by atoms with Crippen molar-refractivity contribution in [2.75, 3.05) is 6.61 Å². The molecule has 1 aliphatic heterocycles. The van der Waals surface area contributed by atoms with Gasteiger partial charge in [0.2, 0.25) is 0 Å². The summed E-state index contributed by atoms with van der Waals surface area (Å²) in [4.78, 5) is 15.1. The Bertz CT molecular complexity index is 484. The minimum absolute atomic E-state index is 0.00478. The van der Waals surface area contributed by atoms with Crippen LogP contribution in [0.15, 0.2) is 12.1 Å². The van der Waals surface area contributed by atoms with E-state index in [1.165, 1.54) is 0 Å². The summed E-state index contributed by atoms with van der Waals surface area (Å²) in [7, 11) is 0. The topological polar surface area (TPSA) is 39.2 Å². The predicted molar refractivity (Wildman–Crippen MR) is 62.2 cm³/mol. The highest BCUT2D eigenvalue weighted by molar-refractivity contribution is 6.32. The monoisotopic (exact) mass is 293 g/mol. The van der Waals surface area contributed by atoms with Crippen molar-refractivity contribution >= 4 is 17.4 Å². The maximum absolute atomic E-state index is 12.4. The molecule has 0 bridgehead atoms. The second kappa shape index (κ2) is 5.46. The summed E-state index contributed by atoms with van der Waals surface area (Å²) in [5.41, 5.74) is -1.10. The molecule has 2 heterocycles. The van der Waals surface area contributed by atoms with Crippen LogP contribution in [-0.4, -0.2) is 23.5 Å². The van der Waals surface area contributed by atoms with Crippen LogP contribution in [0.25, 0.3) is 0 Å². The van der Waals surface area contributed by atoms with Crippen molar-refractivity contribution in [2.24, 2.45) is 0 Å². The van der Waals surface area contributed by atoms with E-state index in [0.717, 1.165) is 25.0 Å². The summed E-state index contributed by atoms with van der Waals surface area (Å²) in [6.45, 7) is 0.608. The molecule has 0 radical (unpaired) electrons. The molecule has 1 aromatic heterocycles. The molecule has 104 valence electrons. The zero-order chi connectivity index (χ0) is 14.0. The Morgan fingerprint density at radius 1 is 1.47 bits per heavy atom. The summed E-state index contributed by atoms with van der Waals surface area (Å²) in [5, 5.41) is -0.419. The zero-order valence-corrected chi connectivity index (χ0v) is 10.6. The number of ether oxygens (including phenoxy) is 1. The van der Waals surface area contributed by atoms with Gasteiger partial charge in [-0.1, -0.05) is 11.6 Å². The molecule has 2 rings (SSSR count). The number of hydrogen-bond acceptors (Lipinski definition) is 3. The molecule has 1 atom stereocenters. The molecule has 19 heavy (non-hydrogen) atoms. The van der Waals surface area contributed by atoms with Crippen LogP contribution in [-0.2, 0) is 10.9 Å². The van der Waals surface area contributed by atoms with Crippen LogP contribution >= 0.6 is 11.6 Å². The van der Waals surface area contributed by atoms with Crippen LogP contribution in [0, 0.1) is 0 Å². The van der Waals surface area contributed by atoms with E-state index in [4.69, 9.17) is 16.3 Å². The van der Waals surface area contributed by atoms with Crippen molar-refractivity contribution in [2.45, 2.75) is 31.5 Å². The highest BCUT2D eigenvalue weighted by Crippen LogP contribution is 2.30. The molecule has 1 saturated heterocycles. The van der Waals surface area contributed by atoms with E-state index in [0.29, 0.717) is 6.61 Å². The van der Waals surface area contributed by atoms with Gasteiger partial charge in [-0.05, 0) is 25.0 Å². The number of Topliss-reactive ketones (excluding diaryl/α,β-unsaturated/α-hetero) is 1. The fourth-order valence-corrected chi connectivity index (χ4v) is 2.18. The summed E-state index contributed by atoms with van der Waals surface area (Å²) >= 11 is 5.64. The molecule has 0 aromatic carbocycles. The van der Waals surface area contributed by atoms with E-state index in [9.17, 15) is 18.0 Å². The first-order chi connectivity index (χ1) is 8.88. The van der Waals surface area contributed by atoms with Gasteiger partial charge >= 0.3 is 6.18 Å². The highest BCUT2D eigenvalue weighted by atomic mass is 35.5. The Morgan fingerprint density at radius 2 is 2.21 bits per heavy atom. The third-order valence-electron chi connectivity index (χ3n) is 2.88. The average Bonchev–Trinajstić information content (AvgIpc) is 2.80. The number of nitrogens with zero attached hydrogens (tertiary/aromatic N) is 1. The lowest BCUT2D eigenvalue weighted by atomic mass is 10.0. The van der Waals surface area contributed by atoms with Gasteiger partial charge in [0.15, 0.2) is 5.78 Å². The lowest BCUT2D eigenvalue weighted by Crippen LogP contribution is -2.15. The van der Waals surface area contributed by atoms with Crippen molar-refractivity contribution < 1.29 is 22.7 Å². The Hall–Kier alpha value is -1.14. The number of pyridine rings is 1. The van der Waals surface area contributed by atoms with E-state index in [1.54, 1.807) is 0 Å². The quantitative estimate of drug-likeness (QED) is 0.632. The predicted octanol–water partition coefficient (Wildman–Crippen LogP) is 3.51. The van der Waals surface area contributed by atoms with E-state index in [-0.39, 0.29) is 23.9 Å². The first kappa shape index (κ1) is 14.3. The third-order valence-corrected chi connectivity index (χ3v) is 3.16. The first-order valence-electron chi connectivity index (χ1n) is 5.76.